The average molecular weight is 414 g/mol. The summed E-state index contributed by atoms with van der Waals surface area (Å²) >= 11 is 0. The highest BCUT2D eigenvalue weighted by Crippen LogP contribution is 2.39. The number of carbonyl (C=O) groups is 2. The van der Waals surface area contributed by atoms with Crippen molar-refractivity contribution in [1.82, 2.24) is 14.7 Å². The zero-order valence-electron chi connectivity index (χ0n) is 18.3. The van der Waals surface area contributed by atoms with Gasteiger partial charge in [-0.15, -0.1) is 0 Å². The number of fused-ring (bicyclic) bond motifs is 2. The Labute approximate surface area is 180 Å². The van der Waals surface area contributed by atoms with Crippen LogP contribution in [-0.2, 0) is 16.1 Å². The Morgan fingerprint density at radius 1 is 1.00 bits per heavy atom. The lowest BCUT2D eigenvalue weighted by molar-refractivity contribution is -0.133. The first-order valence-electron chi connectivity index (χ1n) is 11.6. The molecule has 1 aromatic rings. The maximum Gasteiger partial charge on any atom is 0.410 e. The Hall–Kier alpha value is -2.08. The number of hydrogen-bond donors (Lipinski definition) is 0. The fourth-order valence-corrected chi connectivity index (χ4v) is 5.78. The molecule has 3 aliphatic heterocycles. The lowest BCUT2D eigenvalue weighted by atomic mass is 9.93. The van der Waals surface area contributed by atoms with Crippen LogP contribution < -0.4 is 0 Å². The largest absolute Gasteiger partial charge is 0.450 e. The normalized spacial score (nSPS) is 27.1. The number of ether oxygens (including phenoxy) is 1. The van der Waals surface area contributed by atoms with E-state index in [-0.39, 0.29) is 12.0 Å². The molecule has 0 spiro atoms. The first-order chi connectivity index (χ1) is 14.6. The molecule has 3 fully saturated rings. The molecule has 0 aromatic heterocycles. The van der Waals surface area contributed by atoms with Crippen molar-refractivity contribution in [3.8, 4) is 0 Å². The molecule has 6 nitrogen and oxygen atoms in total. The van der Waals surface area contributed by atoms with Gasteiger partial charge >= 0.3 is 6.09 Å². The van der Waals surface area contributed by atoms with Crippen molar-refractivity contribution in [3.63, 3.8) is 0 Å². The van der Waals surface area contributed by atoms with E-state index in [1.165, 1.54) is 5.56 Å². The lowest BCUT2D eigenvalue weighted by Crippen LogP contribution is -2.55. The molecular weight excluding hydrogens is 378 g/mol. The molecule has 0 radical (unpaired) electrons. The van der Waals surface area contributed by atoms with Crippen molar-refractivity contribution >= 4 is 12.0 Å². The quantitative estimate of drug-likeness (QED) is 0.739. The van der Waals surface area contributed by atoms with Crippen molar-refractivity contribution in [2.75, 3.05) is 19.7 Å². The second kappa shape index (κ2) is 9.38. The van der Waals surface area contributed by atoms with Crippen LogP contribution in [0.2, 0.25) is 0 Å². The maximum absolute atomic E-state index is 12.3. The Morgan fingerprint density at radius 3 is 2.20 bits per heavy atom. The number of rotatable bonds is 5. The molecule has 4 rings (SSSR count). The van der Waals surface area contributed by atoms with Crippen LogP contribution >= 0.6 is 0 Å². The Morgan fingerprint density at radius 2 is 1.63 bits per heavy atom. The van der Waals surface area contributed by atoms with Gasteiger partial charge in [-0.2, -0.15) is 0 Å². The Balaban J connectivity index is 1.32. The maximum atomic E-state index is 12.3. The summed E-state index contributed by atoms with van der Waals surface area (Å²) in [7, 11) is 0. The first kappa shape index (κ1) is 21.2. The number of hydrogen-bond acceptors (Lipinski definition) is 4. The average Bonchev–Trinajstić information content (AvgIpc) is 3.02. The first-order valence-corrected chi connectivity index (χ1v) is 11.6. The third-order valence-corrected chi connectivity index (χ3v) is 7.24. The highest BCUT2D eigenvalue weighted by Gasteiger charge is 2.45. The van der Waals surface area contributed by atoms with E-state index in [0.717, 1.165) is 51.6 Å². The summed E-state index contributed by atoms with van der Waals surface area (Å²) in [4.78, 5) is 31.4. The van der Waals surface area contributed by atoms with E-state index in [2.05, 4.69) is 21.9 Å². The van der Waals surface area contributed by atoms with Crippen molar-refractivity contribution in [1.29, 1.82) is 0 Å². The van der Waals surface area contributed by atoms with Gasteiger partial charge in [0.05, 0.1) is 6.61 Å². The van der Waals surface area contributed by atoms with Crippen LogP contribution in [0.4, 0.5) is 4.79 Å². The monoisotopic (exact) mass is 413 g/mol. The van der Waals surface area contributed by atoms with E-state index in [4.69, 9.17) is 4.74 Å². The standard InChI is InChI=1S/C24H35N3O3/c1-3-30-24(29)27-21-9-10-22(27)16-23(15-21)25-13-11-20(12-14-25)26(18(2)28)17-19-7-5-4-6-8-19/h4-8,20-23H,3,9-17H2,1-2H3. The number of nitrogens with zero attached hydrogens (tertiary/aromatic N) is 3. The molecule has 3 aliphatic rings. The van der Waals surface area contributed by atoms with Crippen LogP contribution in [0, 0.1) is 0 Å². The van der Waals surface area contributed by atoms with Crippen molar-refractivity contribution in [3.05, 3.63) is 35.9 Å². The zero-order valence-corrected chi connectivity index (χ0v) is 18.3. The Kier molecular flexibility index (Phi) is 6.61. The summed E-state index contributed by atoms with van der Waals surface area (Å²) in [6, 6.07) is 11.8. The smallest absolute Gasteiger partial charge is 0.410 e. The van der Waals surface area contributed by atoms with Crippen molar-refractivity contribution in [2.45, 2.75) is 83.1 Å². The molecule has 0 saturated carbocycles. The van der Waals surface area contributed by atoms with Gasteiger partial charge in [0, 0.05) is 50.7 Å². The molecule has 2 amide bonds. The van der Waals surface area contributed by atoms with Gasteiger partial charge in [0.25, 0.3) is 0 Å². The minimum absolute atomic E-state index is 0.125. The fourth-order valence-electron chi connectivity index (χ4n) is 5.78. The summed E-state index contributed by atoms with van der Waals surface area (Å²) in [6.07, 6.45) is 6.25. The predicted molar refractivity (Wildman–Crippen MR) is 116 cm³/mol. The number of piperidine rings is 2. The van der Waals surface area contributed by atoms with E-state index >= 15 is 0 Å². The molecule has 2 unspecified atom stereocenters. The van der Waals surface area contributed by atoms with Gasteiger partial charge in [-0.3, -0.25) is 4.79 Å². The molecule has 0 aliphatic carbocycles. The summed E-state index contributed by atoms with van der Waals surface area (Å²) < 4.78 is 5.29. The van der Waals surface area contributed by atoms with Gasteiger partial charge in [0.1, 0.15) is 0 Å². The van der Waals surface area contributed by atoms with Crippen LogP contribution in [0.5, 0.6) is 0 Å². The van der Waals surface area contributed by atoms with Gasteiger partial charge in [-0.1, -0.05) is 30.3 Å². The summed E-state index contributed by atoms with van der Waals surface area (Å²) in [5, 5.41) is 0. The third kappa shape index (κ3) is 4.48. The lowest BCUT2D eigenvalue weighted by Gasteiger charge is -2.46. The summed E-state index contributed by atoms with van der Waals surface area (Å²) in [5.41, 5.74) is 1.19. The second-order valence-electron chi connectivity index (χ2n) is 9.02. The van der Waals surface area contributed by atoms with Crippen LogP contribution in [0.25, 0.3) is 0 Å². The highest BCUT2D eigenvalue weighted by molar-refractivity contribution is 5.73. The molecule has 3 heterocycles. The molecule has 1 aromatic carbocycles. The van der Waals surface area contributed by atoms with Gasteiger partial charge in [0.2, 0.25) is 5.91 Å². The van der Waals surface area contributed by atoms with Gasteiger partial charge in [0.15, 0.2) is 0 Å². The van der Waals surface area contributed by atoms with Crippen LogP contribution in [0.1, 0.15) is 57.9 Å². The van der Waals surface area contributed by atoms with Crippen molar-refractivity contribution < 1.29 is 14.3 Å². The molecule has 3 saturated heterocycles. The number of likely N-dealkylation sites (tertiary alicyclic amines) is 1. The van der Waals surface area contributed by atoms with E-state index in [1.807, 2.05) is 30.0 Å². The summed E-state index contributed by atoms with van der Waals surface area (Å²) in [6.45, 7) is 6.78. The molecule has 2 atom stereocenters. The molecule has 30 heavy (non-hydrogen) atoms. The van der Waals surface area contributed by atoms with E-state index in [9.17, 15) is 9.59 Å². The fraction of sp³-hybridized carbons (Fsp3) is 0.667. The van der Waals surface area contributed by atoms with E-state index in [0.29, 0.717) is 37.3 Å². The van der Waals surface area contributed by atoms with Gasteiger partial charge < -0.3 is 19.4 Å². The van der Waals surface area contributed by atoms with Crippen LogP contribution in [0.15, 0.2) is 30.3 Å². The van der Waals surface area contributed by atoms with Crippen LogP contribution in [0.3, 0.4) is 0 Å². The Bertz CT molecular complexity index is 718. The van der Waals surface area contributed by atoms with E-state index < -0.39 is 0 Å². The SMILES string of the molecule is CCOC(=O)N1C2CCC1CC(N1CCC(N(Cc3ccccc3)C(C)=O)CC1)C2. The number of amides is 2. The van der Waals surface area contributed by atoms with Crippen LogP contribution in [-0.4, -0.2) is 70.6 Å². The topological polar surface area (TPSA) is 53.1 Å². The highest BCUT2D eigenvalue weighted by atomic mass is 16.6. The molecule has 164 valence electrons. The number of benzene rings is 1. The molecule has 2 bridgehead atoms. The van der Waals surface area contributed by atoms with Gasteiger partial charge in [-0.05, 0) is 51.0 Å². The second-order valence-corrected chi connectivity index (χ2v) is 9.02. The molecule has 6 heteroatoms. The number of carbonyl (C=O) groups excluding carboxylic acids is 2. The minimum Gasteiger partial charge on any atom is -0.450 e. The third-order valence-electron chi connectivity index (χ3n) is 7.24. The minimum atomic E-state index is -0.125. The summed E-state index contributed by atoms with van der Waals surface area (Å²) in [5.74, 6) is 0.165. The predicted octanol–water partition coefficient (Wildman–Crippen LogP) is 3.65. The van der Waals surface area contributed by atoms with Gasteiger partial charge in [-0.25, -0.2) is 4.79 Å². The van der Waals surface area contributed by atoms with E-state index in [1.54, 1.807) is 6.92 Å². The zero-order chi connectivity index (χ0) is 21.1. The molecular formula is C24H35N3O3. The molecule has 0 N–H and O–H groups in total. The van der Waals surface area contributed by atoms with Crippen molar-refractivity contribution in [2.24, 2.45) is 0 Å².